The fraction of sp³-hybridized carbons (Fsp3) is 0.947. The van der Waals surface area contributed by atoms with Gasteiger partial charge in [0, 0.05) is 56.9 Å². The summed E-state index contributed by atoms with van der Waals surface area (Å²) in [6.45, 7) is -4.33. The van der Waals surface area contributed by atoms with Crippen LogP contribution < -0.4 is 0 Å². The standard InChI is InChI=1S/C38H64O49S7/c1-64-15-12(9-72-88(43,44)45)76-35(27(68-5)18(15)65-2)80-21-19(66-3)28(69-6)37(82-25(21)32(39)40)79-17-14(11-74-90(49,50)51)77-38(31(87-94(61,62)63)24(17)85-92(55,56)57)81-22-20(67-4)29(70-7)36(83-26(22)33(41)42)78-16-13(10-73-89(46,47)48)75-34(71-8)30(86-93(58,59)60)23(16)84-91(52,53)54/h12-31,34-38H,9-11H2,1-8H3,(H,39,40)(H,41,42)(H,43,44,45)(H,46,47,48)(H,49,50,51)(H,52,53,54)(H,55,56,57)(H,58,59,60)(H,61,62,63)/t12-,13-,14-,15-,16+,17+,18+,19+,20+,21+,22-,23+,24+,25+,26-,27-,28-,29-,30-,31-,34+,35+,36-,37+,38-/m1/s1. The smallest absolute Gasteiger partial charge is 0.397 e. The molecule has 0 aromatic carbocycles. The molecular formula is C38H64O49S7. The Morgan fingerprint density at radius 3 is 0.777 bits per heavy atom. The van der Waals surface area contributed by atoms with Gasteiger partial charge in [-0.25, -0.2) is 38.9 Å². The quantitative estimate of drug-likeness (QED) is 0.0266. The van der Waals surface area contributed by atoms with Gasteiger partial charge >= 0.3 is 84.7 Å². The van der Waals surface area contributed by atoms with Gasteiger partial charge in [-0.1, -0.05) is 0 Å². The normalized spacial score (nSPS) is 37.6. The van der Waals surface area contributed by atoms with Crippen molar-refractivity contribution in [3.8, 4) is 0 Å². The highest BCUT2D eigenvalue weighted by Crippen LogP contribution is 2.41. The maximum Gasteiger partial charge on any atom is 0.397 e. The SMILES string of the molecule is CO[C@H]1O[C@H](COS(=O)(=O)O)[C@H](O[C@@H]2O[C@@H](C(=O)O)[C@H](O[C@H]3O[C@H](COS(=O)(=O)O)[C@H](O[C@H]4O[C@H](C(=O)O)[C@@H](O[C@@H]5O[C@H](COS(=O)(=O)O)[C@@H](OC)[C@H](OC)[C@H]5OC)[C@H](OC)[C@H]4OC)[C@H](OS(=O)(=O)O)[C@H]3OS(=O)(=O)O)[C@H](OC)[C@H]2OC)[C@H](OS(=O)(=O)O)[C@H]1OS(=O)(=O)O. The first-order valence-corrected chi connectivity index (χ1v) is 34.9. The molecule has 56 heteroatoms. The lowest BCUT2D eigenvalue weighted by atomic mass is 9.94. The number of ether oxygens (including phenoxy) is 17. The molecule has 0 saturated carbocycles. The summed E-state index contributed by atoms with van der Waals surface area (Å²) in [5, 5.41) is 21.4. The van der Waals surface area contributed by atoms with Crippen LogP contribution >= 0.6 is 0 Å². The second-order valence-corrected chi connectivity index (χ2v) is 26.8. The highest BCUT2D eigenvalue weighted by Gasteiger charge is 2.62. The predicted molar refractivity (Wildman–Crippen MR) is 279 cm³/mol. The lowest BCUT2D eigenvalue weighted by molar-refractivity contribution is -0.388. The van der Waals surface area contributed by atoms with Crippen molar-refractivity contribution in [2.75, 3.05) is 76.7 Å². The molecule has 49 nitrogen and oxygen atoms in total. The Kier molecular flexibility index (Phi) is 29.0. The van der Waals surface area contributed by atoms with E-state index in [-0.39, 0.29) is 0 Å². The topological polar surface area (TPSA) is 677 Å². The third kappa shape index (κ3) is 22.7. The average Bonchev–Trinajstić information content (AvgIpc) is 0.763. The summed E-state index contributed by atoms with van der Waals surface area (Å²) in [5.74, 6) is -4.28. The summed E-state index contributed by atoms with van der Waals surface area (Å²) in [7, 11) is -33.4. The summed E-state index contributed by atoms with van der Waals surface area (Å²) in [6.07, 6.45) is -58.8. The molecule has 0 radical (unpaired) electrons. The van der Waals surface area contributed by atoms with Crippen molar-refractivity contribution in [2.45, 2.75) is 154 Å². The Hall–Kier alpha value is -2.65. The minimum absolute atomic E-state index is 0.707. The van der Waals surface area contributed by atoms with Gasteiger partial charge in [0.15, 0.2) is 55.9 Å². The fourth-order valence-electron chi connectivity index (χ4n) is 10.2. The maximum atomic E-state index is 13.3. The van der Waals surface area contributed by atoms with Crippen LogP contribution in [0.4, 0.5) is 0 Å². The zero-order valence-corrected chi connectivity index (χ0v) is 54.5. The summed E-state index contributed by atoms with van der Waals surface area (Å²) < 4.78 is 366. The van der Waals surface area contributed by atoms with Crippen molar-refractivity contribution in [3.05, 3.63) is 0 Å². The molecule has 0 amide bonds. The van der Waals surface area contributed by atoms with Crippen LogP contribution in [0.2, 0.25) is 0 Å². The van der Waals surface area contributed by atoms with Crippen molar-refractivity contribution in [1.82, 2.24) is 0 Å². The maximum absolute atomic E-state index is 13.3. The van der Waals surface area contributed by atoms with Crippen molar-refractivity contribution in [1.29, 1.82) is 0 Å². The minimum Gasteiger partial charge on any atom is -0.479 e. The average molecular weight is 1530 g/mol. The van der Waals surface area contributed by atoms with E-state index in [0.29, 0.717) is 14.2 Å². The molecule has 0 aromatic rings. The Morgan fingerprint density at radius 2 is 0.511 bits per heavy atom. The van der Waals surface area contributed by atoms with Crippen LogP contribution in [0.5, 0.6) is 0 Å². The molecule has 5 heterocycles. The summed E-state index contributed by atoms with van der Waals surface area (Å²) in [4.78, 5) is 26.6. The lowest BCUT2D eigenvalue weighted by Crippen LogP contribution is -2.70. The van der Waals surface area contributed by atoms with Crippen LogP contribution in [0.15, 0.2) is 0 Å². The number of carbonyl (C=O) groups is 2. The van der Waals surface area contributed by atoms with Gasteiger partial charge in [0.1, 0.15) is 97.7 Å². The Morgan fingerprint density at radius 1 is 0.277 bits per heavy atom. The van der Waals surface area contributed by atoms with Crippen LogP contribution in [-0.4, -0.2) is 343 Å². The molecule has 0 bridgehead atoms. The molecule has 5 saturated heterocycles. The summed E-state index contributed by atoms with van der Waals surface area (Å²) in [5.41, 5.74) is 0. The Labute approximate surface area is 533 Å². The van der Waals surface area contributed by atoms with Gasteiger partial charge in [0.25, 0.3) is 0 Å². The first-order chi connectivity index (χ1) is 43.2. The molecular weight excluding hydrogens is 1460 g/mol. The second-order valence-electron chi connectivity index (χ2n) is 19.3. The van der Waals surface area contributed by atoms with Crippen LogP contribution in [-0.2, 0) is 192 Å². The largest absolute Gasteiger partial charge is 0.479 e. The van der Waals surface area contributed by atoms with Gasteiger partial charge in [-0.15, -0.1) is 0 Å². The Balaban J connectivity index is 1.63. The number of hydrogen-bond acceptors (Lipinski definition) is 40. The zero-order valence-electron chi connectivity index (χ0n) is 48.8. The van der Waals surface area contributed by atoms with E-state index < -0.39 is 258 Å². The molecule has 552 valence electrons. The van der Waals surface area contributed by atoms with Gasteiger partial charge in [-0.2, -0.15) is 58.9 Å². The van der Waals surface area contributed by atoms with Crippen molar-refractivity contribution >= 4 is 84.7 Å². The fourth-order valence-corrected chi connectivity index (χ4v) is 13.1. The third-order valence-corrected chi connectivity index (χ3v) is 16.8. The van der Waals surface area contributed by atoms with Crippen LogP contribution in [0, 0.1) is 0 Å². The number of carboxylic acid groups (broad SMARTS) is 2. The van der Waals surface area contributed by atoms with E-state index in [1.54, 1.807) is 0 Å². The highest BCUT2D eigenvalue weighted by atomic mass is 32.3. The molecule has 5 aliphatic rings. The van der Waals surface area contributed by atoms with Gasteiger partial charge in [0.05, 0.1) is 19.8 Å². The number of carboxylic acids is 2. The van der Waals surface area contributed by atoms with Gasteiger partial charge < -0.3 is 90.7 Å². The molecule has 5 rings (SSSR count). The number of hydrogen-bond donors (Lipinski definition) is 9. The number of aliphatic carboxylic acids is 2. The molecule has 0 spiro atoms. The van der Waals surface area contributed by atoms with E-state index in [4.69, 9.17) is 88.9 Å². The van der Waals surface area contributed by atoms with Crippen molar-refractivity contribution in [2.24, 2.45) is 0 Å². The molecule has 9 N–H and O–H groups in total. The molecule has 94 heavy (non-hydrogen) atoms. The van der Waals surface area contributed by atoms with Gasteiger partial charge in [-0.05, 0) is 0 Å². The van der Waals surface area contributed by atoms with Crippen LogP contribution in [0.3, 0.4) is 0 Å². The monoisotopic (exact) mass is 1530 g/mol. The first-order valence-electron chi connectivity index (χ1n) is 25.3. The van der Waals surface area contributed by atoms with Crippen molar-refractivity contribution in [3.63, 3.8) is 0 Å². The number of rotatable bonds is 35. The molecule has 25 atom stereocenters. The molecule has 0 unspecified atom stereocenters. The van der Waals surface area contributed by atoms with E-state index in [2.05, 4.69) is 20.9 Å². The van der Waals surface area contributed by atoms with E-state index in [1.807, 2.05) is 0 Å². The second kappa shape index (κ2) is 33.2. The minimum atomic E-state index is -6.20. The molecule has 5 aliphatic heterocycles. The third-order valence-electron chi connectivity index (χ3n) is 13.6. The van der Waals surface area contributed by atoms with Crippen LogP contribution in [0.1, 0.15) is 0 Å². The van der Waals surface area contributed by atoms with Gasteiger partial charge in [-0.3, -0.25) is 31.9 Å². The molecule has 0 aliphatic carbocycles. The van der Waals surface area contributed by atoms with Crippen LogP contribution in [0.25, 0.3) is 0 Å². The first kappa shape index (κ1) is 82.0. The molecule has 0 aromatic heterocycles. The van der Waals surface area contributed by atoms with E-state index in [0.717, 1.165) is 42.7 Å². The van der Waals surface area contributed by atoms with Gasteiger partial charge in [0.2, 0.25) is 0 Å². The summed E-state index contributed by atoms with van der Waals surface area (Å²) in [6, 6.07) is 0. The molecule has 5 fully saturated rings. The number of methoxy groups -OCH3 is 8. The van der Waals surface area contributed by atoms with E-state index in [1.165, 1.54) is 0 Å². The van der Waals surface area contributed by atoms with Crippen molar-refractivity contribution < 1.29 is 220 Å². The lowest BCUT2D eigenvalue weighted by Gasteiger charge is -2.51. The zero-order chi connectivity index (χ0) is 71.2. The summed E-state index contributed by atoms with van der Waals surface area (Å²) >= 11 is 0. The van der Waals surface area contributed by atoms with E-state index in [9.17, 15) is 111 Å². The van der Waals surface area contributed by atoms with E-state index >= 15 is 0 Å². The highest BCUT2D eigenvalue weighted by molar-refractivity contribution is 7.82. The predicted octanol–water partition coefficient (Wildman–Crippen LogP) is -7.72. The Bertz CT molecular complexity index is 3340.